The Morgan fingerprint density at radius 1 is 1.03 bits per heavy atom. The zero-order valence-corrected chi connectivity index (χ0v) is 19.4. The molecule has 5 nitrogen and oxygen atoms in total. The molecule has 4 rings (SSSR count). The van der Waals surface area contributed by atoms with Gasteiger partial charge in [0.25, 0.3) is 0 Å². The fourth-order valence-corrected chi connectivity index (χ4v) is 3.94. The molecule has 0 saturated heterocycles. The van der Waals surface area contributed by atoms with Gasteiger partial charge in [0.15, 0.2) is 0 Å². The standard InChI is InChI=1S/C28H26FNO4/c1-18(14-28(31)30-13-12-20-6-4-5-7-25(20)32-2)22-15-23-24(19-8-10-21(29)11-9-19)17-34-27(23)16-26(22)33-3/h4-11,14-17H,12-13H2,1-3H3,(H,30,31)/b18-14+. The van der Waals surface area contributed by atoms with E-state index in [2.05, 4.69) is 5.32 Å². The molecule has 4 aromatic rings. The summed E-state index contributed by atoms with van der Waals surface area (Å²) < 4.78 is 30.0. The summed E-state index contributed by atoms with van der Waals surface area (Å²) >= 11 is 0. The number of carbonyl (C=O) groups excluding carboxylic acids is 1. The van der Waals surface area contributed by atoms with E-state index in [-0.39, 0.29) is 11.7 Å². The van der Waals surface area contributed by atoms with Crippen LogP contribution in [-0.2, 0) is 11.2 Å². The maximum atomic E-state index is 13.4. The maximum absolute atomic E-state index is 13.4. The van der Waals surface area contributed by atoms with Crippen molar-refractivity contribution in [3.05, 3.63) is 89.9 Å². The molecule has 1 amide bonds. The Morgan fingerprint density at radius 3 is 2.50 bits per heavy atom. The van der Waals surface area contributed by atoms with Crippen LogP contribution in [0.4, 0.5) is 4.39 Å². The third-order valence-electron chi connectivity index (χ3n) is 5.71. The van der Waals surface area contributed by atoms with Crippen molar-refractivity contribution in [3.63, 3.8) is 0 Å². The highest BCUT2D eigenvalue weighted by Gasteiger charge is 2.15. The van der Waals surface area contributed by atoms with E-state index in [4.69, 9.17) is 13.9 Å². The molecule has 0 spiro atoms. The number of methoxy groups -OCH3 is 2. The summed E-state index contributed by atoms with van der Waals surface area (Å²) in [5.74, 6) is 0.913. The van der Waals surface area contributed by atoms with E-state index < -0.39 is 0 Å². The zero-order chi connectivity index (χ0) is 24.1. The van der Waals surface area contributed by atoms with Gasteiger partial charge >= 0.3 is 0 Å². The molecular weight excluding hydrogens is 433 g/mol. The van der Waals surface area contributed by atoms with Gasteiger partial charge in [-0.1, -0.05) is 30.3 Å². The molecule has 1 heterocycles. The van der Waals surface area contributed by atoms with Crippen LogP contribution in [0, 0.1) is 5.82 Å². The molecule has 0 aliphatic rings. The summed E-state index contributed by atoms with van der Waals surface area (Å²) in [4.78, 5) is 12.6. The van der Waals surface area contributed by atoms with Crippen LogP contribution in [-0.4, -0.2) is 26.7 Å². The molecule has 0 fully saturated rings. The number of benzene rings is 3. The Hall–Kier alpha value is -4.06. The van der Waals surface area contributed by atoms with Crippen LogP contribution in [0.1, 0.15) is 18.1 Å². The second-order valence-electron chi connectivity index (χ2n) is 7.89. The lowest BCUT2D eigenvalue weighted by Gasteiger charge is -2.11. The van der Waals surface area contributed by atoms with Crippen LogP contribution in [0.15, 0.2) is 77.4 Å². The normalized spacial score (nSPS) is 11.5. The Morgan fingerprint density at radius 2 is 1.76 bits per heavy atom. The van der Waals surface area contributed by atoms with Crippen LogP contribution in [0.3, 0.4) is 0 Å². The highest BCUT2D eigenvalue weighted by Crippen LogP contribution is 2.37. The van der Waals surface area contributed by atoms with Gasteiger partial charge in [-0.25, -0.2) is 4.39 Å². The van der Waals surface area contributed by atoms with Crippen molar-refractivity contribution in [3.8, 4) is 22.6 Å². The van der Waals surface area contributed by atoms with Crippen LogP contribution < -0.4 is 14.8 Å². The minimum atomic E-state index is -0.297. The molecule has 0 atom stereocenters. The van der Waals surface area contributed by atoms with Gasteiger partial charge in [-0.15, -0.1) is 0 Å². The number of ether oxygens (including phenoxy) is 2. The fraction of sp³-hybridized carbons (Fsp3) is 0.179. The summed E-state index contributed by atoms with van der Waals surface area (Å²) in [5.41, 5.74) is 4.89. The Balaban J connectivity index is 1.55. The minimum Gasteiger partial charge on any atom is -0.496 e. The number of rotatable bonds is 8. The molecule has 0 saturated carbocycles. The molecule has 0 aliphatic heterocycles. The lowest BCUT2D eigenvalue weighted by atomic mass is 9.99. The van der Waals surface area contributed by atoms with Crippen molar-refractivity contribution >= 4 is 22.4 Å². The second-order valence-corrected chi connectivity index (χ2v) is 7.89. The molecule has 0 radical (unpaired) electrons. The van der Waals surface area contributed by atoms with Crippen molar-refractivity contribution in [2.75, 3.05) is 20.8 Å². The van der Waals surface area contributed by atoms with E-state index in [0.29, 0.717) is 24.3 Å². The smallest absolute Gasteiger partial charge is 0.244 e. The van der Waals surface area contributed by atoms with Gasteiger partial charge in [-0.3, -0.25) is 4.79 Å². The fourth-order valence-electron chi connectivity index (χ4n) is 3.94. The van der Waals surface area contributed by atoms with Gasteiger partial charge in [-0.2, -0.15) is 0 Å². The highest BCUT2D eigenvalue weighted by molar-refractivity contribution is 6.00. The van der Waals surface area contributed by atoms with Crippen LogP contribution >= 0.6 is 0 Å². The number of amides is 1. The SMILES string of the molecule is COc1ccccc1CCNC(=O)/C=C(\C)c1cc2c(-c3ccc(F)cc3)coc2cc1OC. The number of allylic oxidation sites excluding steroid dienone is 1. The predicted molar refractivity (Wildman–Crippen MR) is 132 cm³/mol. The van der Waals surface area contributed by atoms with E-state index in [9.17, 15) is 9.18 Å². The first-order valence-electron chi connectivity index (χ1n) is 10.9. The second kappa shape index (κ2) is 10.3. The predicted octanol–water partition coefficient (Wildman–Crippen LogP) is 6.02. The third kappa shape index (κ3) is 4.96. The minimum absolute atomic E-state index is 0.194. The number of nitrogens with one attached hydrogen (secondary N) is 1. The number of para-hydroxylation sites is 1. The lowest BCUT2D eigenvalue weighted by Crippen LogP contribution is -2.24. The number of hydrogen-bond donors (Lipinski definition) is 1. The maximum Gasteiger partial charge on any atom is 0.244 e. The van der Waals surface area contributed by atoms with Gasteiger partial charge in [-0.05, 0) is 54.3 Å². The summed E-state index contributed by atoms with van der Waals surface area (Å²) in [7, 11) is 3.21. The molecule has 0 bridgehead atoms. The van der Waals surface area contributed by atoms with E-state index in [1.54, 1.807) is 44.8 Å². The van der Waals surface area contributed by atoms with Gasteiger partial charge in [0.1, 0.15) is 22.9 Å². The molecule has 1 aromatic heterocycles. The summed E-state index contributed by atoms with van der Waals surface area (Å²) in [5, 5.41) is 3.78. The van der Waals surface area contributed by atoms with Crippen molar-refractivity contribution < 1.29 is 23.1 Å². The molecule has 6 heteroatoms. The van der Waals surface area contributed by atoms with Crippen molar-refractivity contribution in [1.29, 1.82) is 0 Å². The number of halogens is 1. The lowest BCUT2D eigenvalue weighted by molar-refractivity contribution is -0.116. The van der Waals surface area contributed by atoms with Gasteiger partial charge in [0.2, 0.25) is 5.91 Å². The van der Waals surface area contributed by atoms with E-state index in [1.165, 1.54) is 12.1 Å². The van der Waals surface area contributed by atoms with E-state index >= 15 is 0 Å². The molecule has 34 heavy (non-hydrogen) atoms. The average Bonchev–Trinajstić information content (AvgIpc) is 3.26. The van der Waals surface area contributed by atoms with E-state index in [1.807, 2.05) is 37.3 Å². The molecular formula is C28H26FNO4. The van der Waals surface area contributed by atoms with Gasteiger partial charge in [0, 0.05) is 35.2 Å². The topological polar surface area (TPSA) is 60.7 Å². The largest absolute Gasteiger partial charge is 0.496 e. The van der Waals surface area contributed by atoms with Crippen molar-refractivity contribution in [1.82, 2.24) is 5.32 Å². The highest BCUT2D eigenvalue weighted by atomic mass is 19.1. The van der Waals surface area contributed by atoms with Gasteiger partial charge < -0.3 is 19.2 Å². The Labute approximate surface area is 197 Å². The summed E-state index contributed by atoms with van der Waals surface area (Å²) in [6, 6.07) is 17.7. The molecule has 0 unspecified atom stereocenters. The summed E-state index contributed by atoms with van der Waals surface area (Å²) in [6.45, 7) is 2.34. The quantitative estimate of drug-likeness (QED) is 0.328. The molecule has 0 aliphatic carbocycles. The first kappa shape index (κ1) is 23.1. The average molecular weight is 460 g/mol. The first-order valence-corrected chi connectivity index (χ1v) is 10.9. The van der Waals surface area contributed by atoms with Crippen molar-refractivity contribution in [2.24, 2.45) is 0 Å². The summed E-state index contributed by atoms with van der Waals surface area (Å²) in [6.07, 6.45) is 3.86. The molecule has 174 valence electrons. The number of carbonyl (C=O) groups is 1. The van der Waals surface area contributed by atoms with Crippen LogP contribution in [0.2, 0.25) is 0 Å². The van der Waals surface area contributed by atoms with Crippen molar-refractivity contribution in [2.45, 2.75) is 13.3 Å². The zero-order valence-electron chi connectivity index (χ0n) is 19.4. The Kier molecular flexibility index (Phi) is 6.97. The van der Waals surface area contributed by atoms with E-state index in [0.717, 1.165) is 39.0 Å². The van der Waals surface area contributed by atoms with Crippen LogP contribution in [0.25, 0.3) is 27.7 Å². The molecule has 1 N–H and O–H groups in total. The van der Waals surface area contributed by atoms with Crippen LogP contribution in [0.5, 0.6) is 11.5 Å². The first-order chi connectivity index (χ1) is 16.5. The Bertz CT molecular complexity index is 1340. The molecule has 3 aromatic carbocycles. The van der Waals surface area contributed by atoms with Gasteiger partial charge in [0.05, 0.1) is 20.5 Å². The number of furan rings is 1. The number of hydrogen-bond acceptors (Lipinski definition) is 4. The monoisotopic (exact) mass is 459 g/mol. The third-order valence-corrected chi connectivity index (χ3v) is 5.71. The number of fused-ring (bicyclic) bond motifs is 1.